The van der Waals surface area contributed by atoms with Crippen molar-refractivity contribution in [3.63, 3.8) is 0 Å². The van der Waals surface area contributed by atoms with Gasteiger partial charge in [-0.3, -0.25) is 4.79 Å². The fourth-order valence-electron chi connectivity index (χ4n) is 4.91. The first kappa shape index (κ1) is 31.1. The van der Waals surface area contributed by atoms with Gasteiger partial charge in [-0.25, -0.2) is 14.8 Å². The summed E-state index contributed by atoms with van der Waals surface area (Å²) in [6.45, 7) is 9.59. The van der Waals surface area contributed by atoms with Gasteiger partial charge in [0.1, 0.15) is 22.8 Å². The van der Waals surface area contributed by atoms with Crippen molar-refractivity contribution in [2.24, 2.45) is 5.92 Å². The van der Waals surface area contributed by atoms with Gasteiger partial charge in [-0.1, -0.05) is 32.1 Å². The number of anilines is 1. The number of nitrogens with zero attached hydrogens (tertiary/aromatic N) is 3. The van der Waals surface area contributed by atoms with Crippen LogP contribution in [-0.4, -0.2) is 52.1 Å². The summed E-state index contributed by atoms with van der Waals surface area (Å²) in [6.07, 6.45) is 8.17. The zero-order chi connectivity index (χ0) is 30.4. The summed E-state index contributed by atoms with van der Waals surface area (Å²) in [4.78, 5) is 35.5. The van der Waals surface area contributed by atoms with Gasteiger partial charge < -0.3 is 28.9 Å². The van der Waals surface area contributed by atoms with Gasteiger partial charge in [0, 0.05) is 29.5 Å². The molecule has 0 bridgehead atoms. The van der Waals surface area contributed by atoms with Crippen LogP contribution in [0.4, 0.5) is 5.13 Å². The molecule has 1 amide bonds. The number of likely N-dealkylation sites (tertiary alicyclic amines) is 1. The van der Waals surface area contributed by atoms with E-state index >= 15 is 0 Å². The van der Waals surface area contributed by atoms with Crippen LogP contribution in [0.2, 0.25) is 0 Å². The highest BCUT2D eigenvalue weighted by atomic mass is 32.2. The van der Waals surface area contributed by atoms with Crippen LogP contribution in [0.25, 0.3) is 11.0 Å². The molecule has 1 aromatic carbocycles. The summed E-state index contributed by atoms with van der Waals surface area (Å²) in [5.74, 6) is 2.72. The van der Waals surface area contributed by atoms with Gasteiger partial charge in [0.05, 0.1) is 34.3 Å². The number of aromatic hydroxyl groups is 1. The predicted octanol–water partition coefficient (Wildman–Crippen LogP) is 6.43. The number of fused-ring (bicyclic) bond motifs is 1. The quantitative estimate of drug-likeness (QED) is 0.103. The first-order valence-electron chi connectivity index (χ1n) is 14.6. The third-order valence-corrected chi connectivity index (χ3v) is 9.46. The number of phenols is 1. The zero-order valence-electron chi connectivity index (χ0n) is 24.8. The monoisotopic (exact) mass is 626 g/mol. The molecule has 4 heterocycles. The molecule has 0 spiro atoms. The highest BCUT2D eigenvalue weighted by Crippen LogP contribution is 2.33. The summed E-state index contributed by atoms with van der Waals surface area (Å²) in [7, 11) is 0. The number of benzene rings is 1. The summed E-state index contributed by atoms with van der Waals surface area (Å²) in [5, 5.41) is 14.2. The minimum Gasteiger partial charge on any atom is -0.508 e. The molecule has 1 saturated heterocycles. The molecule has 10 nitrogen and oxygen atoms in total. The number of carbonyl (C=O) groups excluding carboxylic acids is 1. The number of hydrogen-bond acceptors (Lipinski definition) is 11. The van der Waals surface area contributed by atoms with Crippen molar-refractivity contribution < 1.29 is 23.5 Å². The van der Waals surface area contributed by atoms with E-state index in [0.717, 1.165) is 61.7 Å². The average molecular weight is 627 g/mol. The third kappa shape index (κ3) is 8.61. The van der Waals surface area contributed by atoms with Crippen molar-refractivity contribution in [1.29, 1.82) is 0 Å². The molecule has 0 saturated carbocycles. The molecule has 2 N–H and O–H groups in total. The van der Waals surface area contributed by atoms with E-state index in [2.05, 4.69) is 41.0 Å². The standard InChI is InChI=1S/C31H38N4O6S2/c1-31(2,3)25-17-32-26(41-25)19-42-28-18-33-30(43-28)34-29(38)20-9-12-35(13-10-20)11-5-4-6-14-39-23-15-21(36)16-24-22(23)7-8-27(37)40-24/h7-8,15-18,20,36H,4-6,9-14,19H2,1-3H3,(H,33,34,38). The number of ether oxygens (including phenoxy) is 1. The Bertz CT molecular complexity index is 1580. The first-order valence-corrected chi connectivity index (χ1v) is 16.4. The van der Waals surface area contributed by atoms with Gasteiger partial charge >= 0.3 is 5.63 Å². The maximum Gasteiger partial charge on any atom is 0.336 e. The van der Waals surface area contributed by atoms with Gasteiger partial charge in [0.2, 0.25) is 11.8 Å². The van der Waals surface area contributed by atoms with Crippen LogP contribution in [0.3, 0.4) is 0 Å². The van der Waals surface area contributed by atoms with E-state index in [1.165, 1.54) is 29.5 Å². The first-order chi connectivity index (χ1) is 20.6. The van der Waals surface area contributed by atoms with Crippen LogP contribution in [0.15, 0.2) is 54.5 Å². The molecule has 0 radical (unpaired) electrons. The van der Waals surface area contributed by atoms with Crippen LogP contribution in [0, 0.1) is 5.92 Å². The lowest BCUT2D eigenvalue weighted by Gasteiger charge is -2.31. The molecule has 1 aliphatic rings. The summed E-state index contributed by atoms with van der Waals surface area (Å²) in [6, 6.07) is 5.95. The molecule has 0 atom stereocenters. The molecule has 12 heteroatoms. The van der Waals surface area contributed by atoms with Crippen LogP contribution < -0.4 is 15.7 Å². The lowest BCUT2D eigenvalue weighted by atomic mass is 9.94. The maximum atomic E-state index is 12.9. The summed E-state index contributed by atoms with van der Waals surface area (Å²) < 4.78 is 17.9. The van der Waals surface area contributed by atoms with Crippen LogP contribution in [-0.2, 0) is 16.0 Å². The van der Waals surface area contributed by atoms with Gasteiger partial charge in [-0.05, 0) is 57.8 Å². The molecule has 3 aromatic heterocycles. The van der Waals surface area contributed by atoms with Gasteiger partial charge in [0.15, 0.2) is 5.13 Å². The number of oxazole rings is 1. The Labute approximate surface area is 258 Å². The number of amides is 1. The fourth-order valence-corrected chi connectivity index (χ4v) is 6.64. The minimum absolute atomic E-state index is 0.00189. The van der Waals surface area contributed by atoms with Crippen molar-refractivity contribution in [2.75, 3.05) is 31.6 Å². The van der Waals surface area contributed by atoms with E-state index in [9.17, 15) is 14.7 Å². The number of nitrogens with one attached hydrogen (secondary N) is 1. The van der Waals surface area contributed by atoms with Crippen LogP contribution in [0.1, 0.15) is 64.5 Å². The van der Waals surface area contributed by atoms with E-state index < -0.39 is 5.63 Å². The minimum atomic E-state index is -0.466. The second kappa shape index (κ2) is 14.0. The van der Waals surface area contributed by atoms with Crippen molar-refractivity contribution >= 4 is 45.1 Å². The van der Waals surface area contributed by atoms with Gasteiger partial charge in [0.25, 0.3) is 0 Å². The van der Waals surface area contributed by atoms with Crippen molar-refractivity contribution in [3.8, 4) is 11.5 Å². The predicted molar refractivity (Wildman–Crippen MR) is 168 cm³/mol. The van der Waals surface area contributed by atoms with Crippen molar-refractivity contribution in [2.45, 2.75) is 68.3 Å². The molecule has 0 unspecified atom stereocenters. The smallest absolute Gasteiger partial charge is 0.336 e. The molecule has 1 fully saturated rings. The van der Waals surface area contributed by atoms with Crippen LogP contribution >= 0.6 is 23.1 Å². The molecule has 43 heavy (non-hydrogen) atoms. The maximum absolute atomic E-state index is 12.9. The second-order valence-corrected chi connectivity index (χ2v) is 14.1. The van der Waals surface area contributed by atoms with E-state index in [1.807, 2.05) is 0 Å². The van der Waals surface area contributed by atoms with E-state index in [-0.39, 0.29) is 23.0 Å². The Morgan fingerprint density at radius 3 is 2.72 bits per heavy atom. The molecule has 1 aliphatic heterocycles. The third-order valence-electron chi connectivity index (χ3n) is 7.37. The fraction of sp³-hybridized carbons (Fsp3) is 0.484. The Balaban J connectivity index is 0.965. The Morgan fingerprint density at radius 1 is 1.14 bits per heavy atom. The van der Waals surface area contributed by atoms with Gasteiger partial charge in [-0.2, -0.15) is 0 Å². The molecular formula is C31H38N4O6S2. The Kier molecular flexibility index (Phi) is 10.1. The van der Waals surface area contributed by atoms with Gasteiger partial charge in [-0.15, -0.1) is 11.8 Å². The van der Waals surface area contributed by atoms with Crippen molar-refractivity contribution in [1.82, 2.24) is 14.9 Å². The molecule has 4 aromatic rings. The van der Waals surface area contributed by atoms with E-state index in [1.54, 1.807) is 30.2 Å². The molecular weight excluding hydrogens is 588 g/mol. The topological polar surface area (TPSA) is 131 Å². The number of piperidine rings is 1. The molecule has 5 rings (SSSR count). The number of thioether (sulfide) groups is 1. The van der Waals surface area contributed by atoms with Crippen LogP contribution in [0.5, 0.6) is 11.5 Å². The number of rotatable bonds is 12. The largest absolute Gasteiger partial charge is 0.508 e. The molecule has 230 valence electrons. The highest BCUT2D eigenvalue weighted by Gasteiger charge is 2.25. The van der Waals surface area contributed by atoms with E-state index in [4.69, 9.17) is 13.6 Å². The SMILES string of the molecule is CC(C)(C)c1cnc(CSc2cnc(NC(=O)C3CCN(CCCCCOc4cc(O)cc5oc(=O)ccc45)CC3)s2)o1. The summed E-state index contributed by atoms with van der Waals surface area (Å²) >= 11 is 3.08. The number of carbonyl (C=O) groups is 1. The van der Waals surface area contributed by atoms with E-state index in [0.29, 0.717) is 40.1 Å². The number of phenolic OH excluding ortho intramolecular Hbond substituents is 1. The van der Waals surface area contributed by atoms with Crippen molar-refractivity contribution in [3.05, 3.63) is 58.7 Å². The zero-order valence-corrected chi connectivity index (χ0v) is 26.4. The number of thiazole rings is 1. The average Bonchev–Trinajstić information content (AvgIpc) is 3.63. The second-order valence-electron chi connectivity index (χ2n) is 11.8. The lowest BCUT2D eigenvalue weighted by Crippen LogP contribution is -2.38. The lowest BCUT2D eigenvalue weighted by molar-refractivity contribution is -0.121. The number of unbranched alkanes of at least 4 members (excludes halogenated alkanes) is 2. The normalized spacial score (nSPS) is 14.8. The Morgan fingerprint density at radius 2 is 1.95 bits per heavy atom. The number of hydrogen-bond donors (Lipinski definition) is 2. The summed E-state index contributed by atoms with van der Waals surface area (Å²) in [5.41, 5.74) is -0.227. The highest BCUT2D eigenvalue weighted by molar-refractivity contribution is 8.00. The number of aromatic nitrogens is 2. The Hall–Kier alpha value is -3.35. The molecule has 0 aliphatic carbocycles.